The molecule has 1 aromatic rings. The van der Waals surface area contributed by atoms with Gasteiger partial charge < -0.3 is 15.8 Å². The maximum Gasteiger partial charge on any atom is 0.249 e. The predicted molar refractivity (Wildman–Crippen MR) is 74.9 cm³/mol. The summed E-state index contributed by atoms with van der Waals surface area (Å²) in [5, 5.41) is 3.56. The maximum absolute atomic E-state index is 12.2. The Bertz CT molecular complexity index is 535. The van der Waals surface area contributed by atoms with Gasteiger partial charge in [-0.1, -0.05) is 0 Å². The fraction of sp³-hybridized carbons (Fsp3) is 0.700. The van der Waals surface area contributed by atoms with Crippen LogP contribution in [-0.4, -0.2) is 50.4 Å². The van der Waals surface area contributed by atoms with Crippen LogP contribution in [0, 0.1) is 0 Å². The molecule has 108 valence electrons. The van der Waals surface area contributed by atoms with E-state index in [9.17, 15) is 8.42 Å². The Balaban J connectivity index is 2.17. The van der Waals surface area contributed by atoms with E-state index in [2.05, 4.69) is 9.69 Å². The van der Waals surface area contributed by atoms with Crippen molar-refractivity contribution in [3.05, 3.63) is 0 Å². The minimum atomic E-state index is -3.59. The van der Waals surface area contributed by atoms with E-state index in [0.717, 1.165) is 35.3 Å². The molecular formula is C10H18N4O3S2. The number of ether oxygens (including phenoxy) is 1. The lowest BCUT2D eigenvalue weighted by atomic mass is 10.2. The molecule has 1 atom stereocenters. The molecule has 19 heavy (non-hydrogen) atoms. The molecule has 0 aromatic carbocycles. The number of nitrogen functional groups attached to an aromatic ring is 1. The van der Waals surface area contributed by atoms with Gasteiger partial charge >= 0.3 is 0 Å². The van der Waals surface area contributed by atoms with Crippen molar-refractivity contribution < 1.29 is 13.2 Å². The zero-order valence-electron chi connectivity index (χ0n) is 10.9. The summed E-state index contributed by atoms with van der Waals surface area (Å²) in [7, 11) is -0.651. The monoisotopic (exact) mass is 306 g/mol. The van der Waals surface area contributed by atoms with Crippen molar-refractivity contribution in [3.8, 4) is 0 Å². The lowest BCUT2D eigenvalue weighted by molar-refractivity contribution is 0.120. The fourth-order valence-electron chi connectivity index (χ4n) is 1.85. The number of hydrogen-bond donors (Lipinski definition) is 2. The zero-order valence-corrected chi connectivity index (χ0v) is 12.6. The Morgan fingerprint density at radius 3 is 2.89 bits per heavy atom. The summed E-state index contributed by atoms with van der Waals surface area (Å²) in [6, 6.07) is 0. The first-order chi connectivity index (χ1) is 8.93. The smallest absolute Gasteiger partial charge is 0.249 e. The minimum Gasteiger partial charge on any atom is -0.382 e. The van der Waals surface area contributed by atoms with Crippen molar-refractivity contribution in [1.29, 1.82) is 0 Å². The van der Waals surface area contributed by atoms with Crippen molar-refractivity contribution in [1.82, 2.24) is 8.68 Å². The lowest BCUT2D eigenvalue weighted by Crippen LogP contribution is -2.25. The van der Waals surface area contributed by atoms with Gasteiger partial charge in [0.1, 0.15) is 5.00 Å². The molecule has 0 spiro atoms. The van der Waals surface area contributed by atoms with E-state index in [0.29, 0.717) is 11.5 Å². The highest BCUT2D eigenvalue weighted by atomic mass is 32.2. The van der Waals surface area contributed by atoms with E-state index in [1.165, 1.54) is 14.1 Å². The highest BCUT2D eigenvalue weighted by molar-refractivity contribution is 7.89. The van der Waals surface area contributed by atoms with Gasteiger partial charge in [-0.05, 0) is 24.4 Å². The Hall–Kier alpha value is -0.900. The molecule has 3 N–H and O–H groups in total. The zero-order chi connectivity index (χ0) is 14.0. The molecule has 0 radical (unpaired) electrons. The number of sulfonamides is 1. The molecule has 0 aliphatic carbocycles. The highest BCUT2D eigenvalue weighted by Crippen LogP contribution is 2.33. The maximum atomic E-state index is 12.2. The number of aromatic nitrogens is 1. The van der Waals surface area contributed by atoms with Crippen LogP contribution >= 0.6 is 11.5 Å². The number of nitrogens with zero attached hydrogens (tertiary/aromatic N) is 2. The number of hydrogen-bond acceptors (Lipinski definition) is 7. The van der Waals surface area contributed by atoms with E-state index >= 15 is 0 Å². The quantitative estimate of drug-likeness (QED) is 0.825. The number of nitrogens with one attached hydrogen (secondary N) is 1. The molecule has 1 unspecified atom stereocenters. The van der Waals surface area contributed by atoms with E-state index in [1.807, 2.05) is 0 Å². The number of anilines is 2. The van der Waals surface area contributed by atoms with Crippen LogP contribution in [-0.2, 0) is 14.8 Å². The minimum absolute atomic E-state index is 0.0357. The van der Waals surface area contributed by atoms with Crippen molar-refractivity contribution in [2.24, 2.45) is 0 Å². The summed E-state index contributed by atoms with van der Waals surface area (Å²) in [5.41, 5.74) is 5.67. The Morgan fingerprint density at radius 2 is 2.32 bits per heavy atom. The second-order valence-corrected chi connectivity index (χ2v) is 7.39. The van der Waals surface area contributed by atoms with E-state index in [4.69, 9.17) is 10.5 Å². The van der Waals surface area contributed by atoms with E-state index < -0.39 is 10.0 Å². The molecule has 2 rings (SSSR count). The molecule has 1 fully saturated rings. The molecule has 1 aromatic heterocycles. The third kappa shape index (κ3) is 2.99. The van der Waals surface area contributed by atoms with Gasteiger partial charge in [-0.25, -0.2) is 12.7 Å². The summed E-state index contributed by atoms with van der Waals surface area (Å²) in [6.07, 6.45) is 2.15. The summed E-state index contributed by atoms with van der Waals surface area (Å²) in [5.74, 6) is 0.0357. The average molecular weight is 306 g/mol. The molecule has 2 heterocycles. The van der Waals surface area contributed by atoms with Gasteiger partial charge in [0.05, 0.1) is 6.10 Å². The van der Waals surface area contributed by atoms with Gasteiger partial charge in [0.2, 0.25) is 10.0 Å². The molecule has 1 saturated heterocycles. The standard InChI is InChI=1S/C10H18N4O3S2/c1-14(2)19(15,16)8-9(11)13-18-10(8)12-6-7-4-3-5-17-7/h7,12H,3-6H2,1-2H3,(H2,11,13). The van der Waals surface area contributed by atoms with Crippen LogP contribution < -0.4 is 11.1 Å². The first-order valence-electron chi connectivity index (χ1n) is 5.96. The Morgan fingerprint density at radius 1 is 1.58 bits per heavy atom. The SMILES string of the molecule is CN(C)S(=O)(=O)c1c(N)nsc1NCC1CCCO1. The van der Waals surface area contributed by atoms with Crippen LogP contribution in [0.15, 0.2) is 4.90 Å². The topological polar surface area (TPSA) is 97.6 Å². The molecule has 0 amide bonds. The van der Waals surface area contributed by atoms with Crippen LogP contribution in [0.5, 0.6) is 0 Å². The van der Waals surface area contributed by atoms with Gasteiger partial charge in [-0.2, -0.15) is 4.37 Å². The molecule has 7 nitrogen and oxygen atoms in total. The van der Waals surface area contributed by atoms with Crippen LogP contribution in [0.1, 0.15) is 12.8 Å². The van der Waals surface area contributed by atoms with Crippen molar-refractivity contribution in [2.45, 2.75) is 23.8 Å². The average Bonchev–Trinajstić information content (AvgIpc) is 2.95. The van der Waals surface area contributed by atoms with Crippen LogP contribution in [0.2, 0.25) is 0 Å². The van der Waals surface area contributed by atoms with E-state index in [1.54, 1.807) is 0 Å². The Kier molecular flexibility index (Phi) is 4.29. The van der Waals surface area contributed by atoms with Gasteiger partial charge in [-0.3, -0.25) is 0 Å². The van der Waals surface area contributed by atoms with E-state index in [-0.39, 0.29) is 16.8 Å². The van der Waals surface area contributed by atoms with Crippen LogP contribution in [0.3, 0.4) is 0 Å². The van der Waals surface area contributed by atoms with Crippen molar-refractivity contribution in [2.75, 3.05) is 38.3 Å². The van der Waals surface area contributed by atoms with Crippen LogP contribution in [0.4, 0.5) is 10.8 Å². The fourth-order valence-corrected chi connectivity index (χ4v) is 3.93. The molecule has 9 heteroatoms. The highest BCUT2D eigenvalue weighted by Gasteiger charge is 2.28. The molecule has 0 saturated carbocycles. The predicted octanol–water partition coefficient (Wildman–Crippen LogP) is 0.566. The lowest BCUT2D eigenvalue weighted by Gasteiger charge is -2.14. The largest absolute Gasteiger partial charge is 0.382 e. The summed E-state index contributed by atoms with van der Waals surface area (Å²) in [6.45, 7) is 1.33. The van der Waals surface area contributed by atoms with Gasteiger partial charge in [0.15, 0.2) is 10.7 Å². The van der Waals surface area contributed by atoms with Crippen molar-refractivity contribution >= 4 is 32.4 Å². The van der Waals surface area contributed by atoms with Crippen molar-refractivity contribution in [3.63, 3.8) is 0 Å². The normalized spacial score (nSPS) is 20.1. The van der Waals surface area contributed by atoms with Gasteiger partial charge in [-0.15, -0.1) is 0 Å². The molecule has 0 bridgehead atoms. The summed E-state index contributed by atoms with van der Waals surface area (Å²) < 4.78 is 34.9. The first-order valence-corrected chi connectivity index (χ1v) is 8.17. The second-order valence-electron chi connectivity index (χ2n) is 4.53. The second kappa shape index (κ2) is 5.61. The first kappa shape index (κ1) is 14.5. The molecular weight excluding hydrogens is 288 g/mol. The summed E-state index contributed by atoms with van der Waals surface area (Å²) >= 11 is 1.06. The molecule has 1 aliphatic heterocycles. The third-order valence-electron chi connectivity index (χ3n) is 2.93. The Labute approximate surface area is 117 Å². The number of nitrogens with two attached hydrogens (primary N) is 1. The van der Waals surface area contributed by atoms with Gasteiger partial charge in [0, 0.05) is 27.2 Å². The summed E-state index contributed by atoms with van der Waals surface area (Å²) in [4.78, 5) is 0.0560. The molecule has 1 aliphatic rings. The van der Waals surface area contributed by atoms with Crippen LogP contribution in [0.25, 0.3) is 0 Å². The van der Waals surface area contributed by atoms with Gasteiger partial charge in [0.25, 0.3) is 0 Å². The third-order valence-corrected chi connectivity index (χ3v) is 5.77. The number of rotatable bonds is 5.